The fourth-order valence-electron chi connectivity index (χ4n) is 3.64. The van der Waals surface area contributed by atoms with E-state index in [9.17, 15) is 4.39 Å². The lowest BCUT2D eigenvalue weighted by molar-refractivity contribution is 0.355. The number of halogens is 1. The molecule has 2 N–H and O–H groups in total. The Morgan fingerprint density at radius 2 is 1.70 bits per heavy atom. The smallest absolute Gasteiger partial charge is 0.187 e. The molecule has 0 aliphatic carbocycles. The number of rotatable bonds is 5. The number of hydrogen-bond donors (Lipinski definition) is 1. The van der Waals surface area contributed by atoms with E-state index >= 15 is 0 Å². The maximum absolute atomic E-state index is 13.4. The lowest BCUT2D eigenvalue weighted by Crippen LogP contribution is -2.05. The summed E-state index contributed by atoms with van der Waals surface area (Å²) in [7, 11) is 3.18. The van der Waals surface area contributed by atoms with Crippen LogP contribution in [0.3, 0.4) is 0 Å². The molecule has 0 atom stereocenters. The van der Waals surface area contributed by atoms with Crippen LogP contribution in [0.5, 0.6) is 11.5 Å². The van der Waals surface area contributed by atoms with Gasteiger partial charge in [0.1, 0.15) is 10.8 Å². The summed E-state index contributed by atoms with van der Waals surface area (Å²) in [4.78, 5) is 4.70. The van der Waals surface area contributed by atoms with Crippen molar-refractivity contribution in [2.45, 2.75) is 6.92 Å². The molecule has 33 heavy (non-hydrogen) atoms. The molecule has 0 aliphatic heterocycles. The number of hydrogen-bond acceptors (Lipinski definition) is 8. The Hall–Kier alpha value is -4.05. The first-order chi connectivity index (χ1) is 16.0. The van der Waals surface area contributed by atoms with Gasteiger partial charge in [-0.25, -0.2) is 9.37 Å². The van der Waals surface area contributed by atoms with Gasteiger partial charge >= 0.3 is 0 Å². The predicted octanol–water partition coefficient (Wildman–Crippen LogP) is 4.63. The minimum Gasteiger partial charge on any atom is -0.493 e. The third kappa shape index (κ3) is 3.54. The SMILES string of the molecule is COc1ccc(-c2csc(-c3nnc4c(-c5ccc(F)cc5)c(C)nn4c3N)n2)cc1OC. The van der Waals surface area contributed by atoms with Crippen molar-refractivity contribution < 1.29 is 13.9 Å². The molecule has 0 amide bonds. The average molecular weight is 463 g/mol. The zero-order valence-electron chi connectivity index (χ0n) is 18.0. The van der Waals surface area contributed by atoms with E-state index in [1.165, 1.54) is 23.5 Å². The lowest BCUT2D eigenvalue weighted by atomic mass is 10.1. The molecule has 0 radical (unpaired) electrons. The fraction of sp³-hybridized carbons (Fsp3) is 0.130. The summed E-state index contributed by atoms with van der Waals surface area (Å²) >= 11 is 1.40. The van der Waals surface area contributed by atoms with Gasteiger partial charge in [-0.15, -0.1) is 21.5 Å². The Morgan fingerprint density at radius 1 is 0.970 bits per heavy atom. The van der Waals surface area contributed by atoms with Crippen LogP contribution in [-0.2, 0) is 0 Å². The average Bonchev–Trinajstić information content (AvgIpc) is 3.44. The monoisotopic (exact) mass is 462 g/mol. The Bertz CT molecular complexity index is 1480. The Labute approximate surface area is 192 Å². The number of benzene rings is 2. The minimum atomic E-state index is -0.310. The maximum atomic E-state index is 13.4. The summed E-state index contributed by atoms with van der Waals surface area (Å²) in [5.74, 6) is 1.27. The fourth-order valence-corrected chi connectivity index (χ4v) is 4.46. The first-order valence-electron chi connectivity index (χ1n) is 9.96. The number of anilines is 1. The molecule has 0 saturated heterocycles. The number of ether oxygens (including phenoxy) is 2. The molecule has 8 nitrogen and oxygen atoms in total. The molecule has 3 aromatic heterocycles. The number of nitrogens with two attached hydrogens (primary N) is 1. The van der Waals surface area contributed by atoms with E-state index < -0.39 is 0 Å². The molecule has 5 aromatic rings. The second-order valence-corrected chi connectivity index (χ2v) is 8.10. The van der Waals surface area contributed by atoms with E-state index in [0.717, 1.165) is 22.4 Å². The van der Waals surface area contributed by atoms with Crippen molar-refractivity contribution in [3.8, 4) is 44.6 Å². The molecule has 5 rings (SSSR count). The summed E-state index contributed by atoms with van der Waals surface area (Å²) in [6.45, 7) is 1.85. The Kier molecular flexibility index (Phi) is 5.14. The van der Waals surface area contributed by atoms with E-state index in [-0.39, 0.29) is 5.82 Å². The van der Waals surface area contributed by atoms with Gasteiger partial charge in [0.25, 0.3) is 0 Å². The van der Waals surface area contributed by atoms with Crippen LogP contribution in [0.4, 0.5) is 10.2 Å². The van der Waals surface area contributed by atoms with Gasteiger partial charge in [-0.1, -0.05) is 12.1 Å². The van der Waals surface area contributed by atoms with Crippen molar-refractivity contribution in [3.05, 3.63) is 59.4 Å². The normalized spacial score (nSPS) is 11.2. The van der Waals surface area contributed by atoms with Crippen LogP contribution in [0.15, 0.2) is 47.8 Å². The van der Waals surface area contributed by atoms with E-state index in [2.05, 4.69) is 15.3 Å². The number of fused-ring (bicyclic) bond motifs is 1. The van der Waals surface area contributed by atoms with Gasteiger partial charge in [0.15, 0.2) is 28.7 Å². The largest absolute Gasteiger partial charge is 0.493 e. The summed E-state index contributed by atoms with van der Waals surface area (Å²) < 4.78 is 25.6. The molecule has 3 heterocycles. The number of methoxy groups -OCH3 is 2. The summed E-state index contributed by atoms with van der Waals surface area (Å²) in [5.41, 5.74) is 11.2. The Morgan fingerprint density at radius 3 is 2.42 bits per heavy atom. The summed E-state index contributed by atoms with van der Waals surface area (Å²) in [6.07, 6.45) is 0. The second-order valence-electron chi connectivity index (χ2n) is 7.24. The van der Waals surface area contributed by atoms with Crippen molar-refractivity contribution in [1.82, 2.24) is 24.8 Å². The van der Waals surface area contributed by atoms with Crippen LogP contribution in [0.2, 0.25) is 0 Å². The number of aromatic nitrogens is 5. The van der Waals surface area contributed by atoms with Crippen molar-refractivity contribution in [3.63, 3.8) is 0 Å². The predicted molar refractivity (Wildman–Crippen MR) is 125 cm³/mol. The molecule has 0 aliphatic rings. The molecule has 0 bridgehead atoms. The van der Waals surface area contributed by atoms with E-state index in [4.69, 9.17) is 20.2 Å². The van der Waals surface area contributed by atoms with Gasteiger partial charge in [0, 0.05) is 10.9 Å². The molecule has 2 aromatic carbocycles. The van der Waals surface area contributed by atoms with Crippen molar-refractivity contribution in [2.24, 2.45) is 0 Å². The molecule has 0 unspecified atom stereocenters. The molecule has 0 spiro atoms. The van der Waals surface area contributed by atoms with Crippen molar-refractivity contribution >= 4 is 22.8 Å². The molecule has 166 valence electrons. The van der Waals surface area contributed by atoms with Gasteiger partial charge in [0.2, 0.25) is 0 Å². The summed E-state index contributed by atoms with van der Waals surface area (Å²) in [6, 6.07) is 11.8. The van der Waals surface area contributed by atoms with E-state index in [1.807, 2.05) is 30.5 Å². The van der Waals surface area contributed by atoms with Gasteiger partial charge in [-0.05, 0) is 42.8 Å². The number of nitrogen functional groups attached to an aromatic ring is 1. The van der Waals surface area contributed by atoms with Crippen LogP contribution >= 0.6 is 11.3 Å². The molecule has 0 saturated carbocycles. The van der Waals surface area contributed by atoms with Crippen molar-refractivity contribution in [1.29, 1.82) is 0 Å². The standard InChI is InChI=1S/C23H19FN6O2S/c1-12-19(13-4-7-15(24)8-5-13)22-28-27-20(21(25)30(22)29-12)23-26-16(11-33-23)14-6-9-17(31-2)18(10-14)32-3/h4-11H,25H2,1-3H3. The minimum absolute atomic E-state index is 0.310. The van der Waals surface area contributed by atoms with Gasteiger partial charge in [-0.3, -0.25) is 0 Å². The highest BCUT2D eigenvalue weighted by atomic mass is 32.1. The van der Waals surface area contributed by atoms with E-state index in [1.54, 1.807) is 30.9 Å². The van der Waals surface area contributed by atoms with Gasteiger partial charge < -0.3 is 15.2 Å². The van der Waals surface area contributed by atoms with Crippen LogP contribution in [-0.4, -0.2) is 39.0 Å². The summed E-state index contributed by atoms with van der Waals surface area (Å²) in [5, 5.41) is 15.8. The van der Waals surface area contributed by atoms with Crippen LogP contribution in [0, 0.1) is 12.7 Å². The first kappa shape index (κ1) is 20.8. The van der Waals surface area contributed by atoms with Crippen LogP contribution in [0.1, 0.15) is 5.69 Å². The zero-order chi connectivity index (χ0) is 23.1. The van der Waals surface area contributed by atoms with Crippen LogP contribution in [0.25, 0.3) is 38.7 Å². The lowest BCUT2D eigenvalue weighted by Gasteiger charge is -2.08. The highest BCUT2D eigenvalue weighted by molar-refractivity contribution is 7.13. The first-order valence-corrected chi connectivity index (χ1v) is 10.8. The quantitative estimate of drug-likeness (QED) is 0.406. The second kappa shape index (κ2) is 8.14. The topological polar surface area (TPSA) is 100 Å². The number of aryl methyl sites for hydroxylation is 1. The molecular formula is C23H19FN6O2S. The van der Waals surface area contributed by atoms with Gasteiger partial charge in [-0.2, -0.15) is 9.61 Å². The molecular weight excluding hydrogens is 443 g/mol. The van der Waals surface area contributed by atoms with Crippen molar-refractivity contribution in [2.75, 3.05) is 20.0 Å². The third-order valence-corrected chi connectivity index (χ3v) is 6.12. The number of thiazole rings is 1. The van der Waals surface area contributed by atoms with Crippen LogP contribution < -0.4 is 15.2 Å². The maximum Gasteiger partial charge on any atom is 0.187 e. The zero-order valence-corrected chi connectivity index (χ0v) is 18.9. The highest BCUT2D eigenvalue weighted by Crippen LogP contribution is 2.36. The Balaban J connectivity index is 1.56. The molecule has 10 heteroatoms. The third-order valence-electron chi connectivity index (χ3n) is 5.27. The number of nitrogens with zero attached hydrogens (tertiary/aromatic N) is 5. The van der Waals surface area contributed by atoms with Gasteiger partial charge in [0.05, 0.1) is 31.2 Å². The van der Waals surface area contributed by atoms with E-state index in [0.29, 0.717) is 39.4 Å². The highest BCUT2D eigenvalue weighted by Gasteiger charge is 2.20. The molecule has 0 fully saturated rings.